The second-order valence-corrected chi connectivity index (χ2v) is 23.4. The Morgan fingerprint density at radius 1 is 1.00 bits per heavy atom. The highest BCUT2D eigenvalue weighted by molar-refractivity contribution is 7.90. The first-order valence-electron chi connectivity index (χ1n) is 25.9. The maximum atomic E-state index is 14.1. The Bertz CT molecular complexity index is 3130. The summed E-state index contributed by atoms with van der Waals surface area (Å²) in [5.74, 6) is 0.814. The average Bonchev–Trinajstić information content (AvgIpc) is 4.00. The molecule has 1 spiro atoms. The predicted octanol–water partition coefficient (Wildman–Crippen LogP) is 8.91. The number of ether oxygens (including phenoxy) is 2. The zero-order chi connectivity index (χ0) is 51.9. The number of nitrogens with zero attached hydrogens (tertiary/aromatic N) is 7. The number of amides is 1. The summed E-state index contributed by atoms with van der Waals surface area (Å²) >= 11 is 0. The summed E-state index contributed by atoms with van der Waals surface area (Å²) in [5, 5.41) is 31.0. The van der Waals surface area contributed by atoms with Crippen LogP contribution in [0.1, 0.15) is 111 Å². The van der Waals surface area contributed by atoms with Crippen LogP contribution in [0.25, 0.3) is 11.0 Å². The molecule has 3 aromatic carbocycles. The van der Waals surface area contributed by atoms with Crippen LogP contribution in [-0.2, 0) is 23.6 Å². The molecule has 10 rings (SSSR count). The number of sulfonamides is 1. The number of methoxy groups -OCH3 is 1. The number of nitrogens with one attached hydrogen (secondary N) is 3. The van der Waals surface area contributed by atoms with Crippen molar-refractivity contribution in [3.63, 3.8) is 0 Å². The highest BCUT2D eigenvalue weighted by Crippen LogP contribution is 2.53. The van der Waals surface area contributed by atoms with Crippen molar-refractivity contribution >= 4 is 44.0 Å². The molecule has 3 aromatic heterocycles. The normalized spacial score (nSPS) is 21.7. The van der Waals surface area contributed by atoms with Crippen LogP contribution in [0, 0.1) is 21.4 Å². The maximum absolute atomic E-state index is 14.1. The number of pyridine rings is 1. The van der Waals surface area contributed by atoms with Gasteiger partial charge in [-0.15, -0.1) is 5.10 Å². The number of aryl methyl sites for hydroxylation is 1. The van der Waals surface area contributed by atoms with Gasteiger partial charge < -0.3 is 29.8 Å². The lowest BCUT2D eigenvalue weighted by atomic mass is 9.59. The van der Waals surface area contributed by atoms with E-state index in [2.05, 4.69) is 84.1 Å². The van der Waals surface area contributed by atoms with Gasteiger partial charge in [-0.25, -0.2) is 18.1 Å². The van der Waals surface area contributed by atoms with E-state index in [9.17, 15) is 28.4 Å². The fraction of sp³-hybridized carbons (Fsp3) is 0.473. The number of aromatic amines is 1. The maximum Gasteiger partial charge on any atom is 0.293 e. The zero-order valence-corrected chi connectivity index (χ0v) is 43.7. The summed E-state index contributed by atoms with van der Waals surface area (Å²) < 4.78 is 43.7. The number of aromatic nitrogens is 4. The zero-order valence-electron chi connectivity index (χ0n) is 42.9. The number of nitro groups is 1. The van der Waals surface area contributed by atoms with Gasteiger partial charge in [-0.1, -0.05) is 38.1 Å². The van der Waals surface area contributed by atoms with Gasteiger partial charge in [-0.2, -0.15) is 0 Å². The second kappa shape index (κ2) is 20.6. The summed E-state index contributed by atoms with van der Waals surface area (Å²) in [7, 11) is -0.979. The van der Waals surface area contributed by atoms with E-state index in [0.29, 0.717) is 48.6 Å². The number of benzene rings is 3. The molecule has 1 unspecified atom stereocenters. The molecule has 5 heterocycles. The number of H-pyrrole nitrogens is 1. The Kier molecular flexibility index (Phi) is 14.2. The van der Waals surface area contributed by atoms with Gasteiger partial charge in [0, 0.05) is 106 Å². The number of carbonyl (C=O) groups is 1. The SMILES string of the molecule is COc1nn(C)cc1CN1CCN(C2CC3(CCN(c4ccc(C(=O)NS(=O)(=O)c5ccc(NCC6CCC(C)(O)CC6)c([N+](=O)[O-])c5)c(Oc5cnc6[nH]ccc6c5)c4)CC3)C2)C(c2ccccc2C(C)C)C1. The molecule has 0 radical (unpaired) electrons. The molecule has 1 amide bonds. The van der Waals surface area contributed by atoms with E-state index >= 15 is 0 Å². The van der Waals surface area contributed by atoms with E-state index in [1.54, 1.807) is 31.5 Å². The Balaban J connectivity index is 0.834. The van der Waals surface area contributed by atoms with E-state index in [0.717, 1.165) is 100 Å². The quantitative estimate of drug-likeness (QED) is 0.0527. The van der Waals surface area contributed by atoms with Crippen molar-refractivity contribution < 1.29 is 32.7 Å². The third-order valence-corrected chi connectivity index (χ3v) is 17.5. The number of aliphatic hydroxyl groups is 1. The summed E-state index contributed by atoms with van der Waals surface area (Å²) in [6, 6.07) is 22.0. The van der Waals surface area contributed by atoms with Crippen molar-refractivity contribution in [1.82, 2.24) is 34.3 Å². The number of piperazine rings is 1. The summed E-state index contributed by atoms with van der Waals surface area (Å²) in [6.07, 6.45) is 12.4. The van der Waals surface area contributed by atoms with Gasteiger partial charge in [0.1, 0.15) is 22.8 Å². The van der Waals surface area contributed by atoms with Crippen molar-refractivity contribution in [2.24, 2.45) is 18.4 Å². The van der Waals surface area contributed by atoms with Crippen LogP contribution in [0.3, 0.4) is 0 Å². The smallest absolute Gasteiger partial charge is 0.293 e. The van der Waals surface area contributed by atoms with Gasteiger partial charge in [0.15, 0.2) is 0 Å². The summed E-state index contributed by atoms with van der Waals surface area (Å²) in [6.45, 7) is 12.0. The minimum absolute atomic E-state index is 0.0330. The molecule has 0 bridgehead atoms. The molecular formula is C55H68N10O8S. The molecule has 4 aliphatic rings. The van der Waals surface area contributed by atoms with Crippen LogP contribution < -0.4 is 24.4 Å². The van der Waals surface area contributed by atoms with Crippen LogP contribution in [0.15, 0.2) is 96.3 Å². The average molecular weight is 1030 g/mol. The van der Waals surface area contributed by atoms with E-state index in [1.165, 1.54) is 29.5 Å². The molecule has 18 nitrogen and oxygen atoms in total. The standard InChI is InChI=1S/C55H68N10O8S/c1-36(2)44-8-6-7-9-45(44)49-35-62(34-39-33-61(4)59-53(39)72-5)24-25-64(49)41-29-55(30-41)19-22-63(23-20-55)40-10-12-46(50(27-40)73-42-26-38-16-21-56-51(38)58-32-42)52(66)60-74(70,71)43-11-13-47(48(28-43)65(68)69)57-31-37-14-17-54(3,67)18-15-37/h6-13,16,21,26-28,32-33,36-37,41,49,57,67H,14-15,17-20,22-25,29-31,34-35H2,1-5H3,(H,56,58)(H,60,66). The number of rotatable bonds is 16. The first kappa shape index (κ1) is 51.0. The molecule has 74 heavy (non-hydrogen) atoms. The highest BCUT2D eigenvalue weighted by atomic mass is 32.2. The molecule has 2 aliphatic carbocycles. The van der Waals surface area contributed by atoms with Gasteiger partial charge in [0.2, 0.25) is 5.88 Å². The second-order valence-electron chi connectivity index (χ2n) is 21.7. The molecule has 6 aromatic rings. The van der Waals surface area contributed by atoms with Crippen molar-refractivity contribution in [3.05, 3.63) is 124 Å². The Morgan fingerprint density at radius 3 is 2.51 bits per heavy atom. The monoisotopic (exact) mass is 1030 g/mol. The van der Waals surface area contributed by atoms with E-state index in [-0.39, 0.29) is 34.4 Å². The molecule has 2 saturated heterocycles. The molecule has 392 valence electrons. The van der Waals surface area contributed by atoms with Crippen molar-refractivity contribution in [2.45, 2.75) is 107 Å². The third kappa shape index (κ3) is 10.8. The number of nitro benzene ring substituents is 1. The lowest BCUT2D eigenvalue weighted by Gasteiger charge is -2.58. The Labute approximate surface area is 432 Å². The number of piperidine rings is 1. The molecule has 2 aliphatic heterocycles. The minimum atomic E-state index is -4.59. The first-order valence-corrected chi connectivity index (χ1v) is 27.4. The van der Waals surface area contributed by atoms with Crippen LogP contribution in [0.2, 0.25) is 0 Å². The number of anilines is 2. The lowest BCUT2D eigenvalue weighted by Crippen LogP contribution is -2.60. The van der Waals surface area contributed by atoms with Gasteiger partial charge in [0.05, 0.1) is 34.3 Å². The fourth-order valence-corrected chi connectivity index (χ4v) is 13.0. The van der Waals surface area contributed by atoms with Crippen LogP contribution in [0.5, 0.6) is 17.4 Å². The number of carbonyl (C=O) groups excluding carboxylic acids is 1. The Morgan fingerprint density at radius 2 is 1.77 bits per heavy atom. The largest absolute Gasteiger partial charge is 0.480 e. The third-order valence-electron chi connectivity index (χ3n) is 16.2. The van der Waals surface area contributed by atoms with Gasteiger partial charge in [0.25, 0.3) is 21.6 Å². The van der Waals surface area contributed by atoms with E-state index in [1.807, 2.05) is 30.8 Å². The minimum Gasteiger partial charge on any atom is -0.480 e. The number of fused-ring (bicyclic) bond motifs is 1. The first-order chi connectivity index (χ1) is 35.4. The van der Waals surface area contributed by atoms with Crippen LogP contribution >= 0.6 is 0 Å². The number of hydrogen-bond donors (Lipinski definition) is 4. The van der Waals surface area contributed by atoms with Gasteiger partial charge in [-0.05, 0) is 123 Å². The van der Waals surface area contributed by atoms with Crippen molar-refractivity contribution in [2.75, 3.05) is 56.6 Å². The summed E-state index contributed by atoms with van der Waals surface area (Å²) in [5.41, 5.74) is 4.61. The Hall–Kier alpha value is -6.54. The molecule has 1 atom stereocenters. The van der Waals surface area contributed by atoms with Crippen molar-refractivity contribution in [3.8, 4) is 17.4 Å². The van der Waals surface area contributed by atoms with Crippen LogP contribution in [0.4, 0.5) is 17.1 Å². The summed E-state index contributed by atoms with van der Waals surface area (Å²) in [4.78, 5) is 40.4. The van der Waals surface area contributed by atoms with E-state index < -0.39 is 37.0 Å². The highest BCUT2D eigenvalue weighted by Gasteiger charge is 2.50. The van der Waals surface area contributed by atoms with E-state index in [4.69, 9.17) is 9.47 Å². The molecular weight excluding hydrogens is 961 g/mol. The molecule has 2 saturated carbocycles. The number of hydrogen-bond acceptors (Lipinski definition) is 14. The van der Waals surface area contributed by atoms with Gasteiger partial charge in [-0.3, -0.25) is 29.4 Å². The van der Waals surface area contributed by atoms with Gasteiger partial charge >= 0.3 is 0 Å². The topological polar surface area (TPSA) is 213 Å². The fourth-order valence-electron chi connectivity index (χ4n) is 12.0. The van der Waals surface area contributed by atoms with Crippen LogP contribution in [-0.4, -0.2) is 112 Å². The lowest BCUT2D eigenvalue weighted by molar-refractivity contribution is -0.384. The van der Waals surface area contributed by atoms with Crippen molar-refractivity contribution in [1.29, 1.82) is 0 Å². The molecule has 19 heteroatoms. The molecule has 4 fully saturated rings. The molecule has 4 N–H and O–H groups in total. The predicted molar refractivity (Wildman–Crippen MR) is 283 cm³/mol.